The Morgan fingerprint density at radius 2 is 2.14 bits per heavy atom. The Bertz CT molecular complexity index is 394. The van der Waals surface area contributed by atoms with Crippen LogP contribution < -0.4 is 0 Å². The van der Waals surface area contributed by atoms with Gasteiger partial charge in [-0.25, -0.2) is 4.79 Å². The zero-order valence-corrected chi connectivity index (χ0v) is 15.3. The molecule has 1 aliphatic carbocycles. The summed E-state index contributed by atoms with van der Waals surface area (Å²) in [5, 5.41) is 0. The maximum Gasteiger partial charge on any atom is 0.333 e. The maximum atomic E-state index is 12.8. The van der Waals surface area contributed by atoms with E-state index in [0.29, 0.717) is 17.8 Å². The molecule has 0 amide bonds. The lowest BCUT2D eigenvalue weighted by atomic mass is 9.75. The molecule has 4 heteroatoms. The number of ether oxygens (including phenoxy) is 1. The largest absolute Gasteiger partial charge is 0.460 e. The Hall–Kier alpha value is -0.0900. The molecule has 2 nitrogen and oxygen atoms in total. The highest BCUT2D eigenvalue weighted by Gasteiger charge is 2.43. The summed E-state index contributed by atoms with van der Waals surface area (Å²) in [5.74, 6) is 2.67. The van der Waals surface area contributed by atoms with E-state index in [0.717, 1.165) is 18.6 Å². The van der Waals surface area contributed by atoms with Crippen molar-refractivity contribution >= 4 is 29.5 Å². The van der Waals surface area contributed by atoms with Crippen LogP contribution in [-0.4, -0.2) is 28.2 Å². The third-order valence-electron chi connectivity index (χ3n) is 4.83. The molecule has 0 aromatic heterocycles. The highest BCUT2D eigenvalue weighted by atomic mass is 32.2. The van der Waals surface area contributed by atoms with E-state index in [1.165, 1.54) is 12.8 Å². The quantitative estimate of drug-likeness (QED) is 0.550. The lowest BCUT2D eigenvalue weighted by Gasteiger charge is -2.39. The first-order valence-corrected chi connectivity index (χ1v) is 10.2. The first kappa shape index (κ1) is 17.3. The molecule has 0 saturated heterocycles. The summed E-state index contributed by atoms with van der Waals surface area (Å²) in [6, 6.07) is 0. The Labute approximate surface area is 137 Å². The molecular weight excluding hydrogens is 300 g/mol. The first-order valence-electron chi connectivity index (χ1n) is 8.03. The second kappa shape index (κ2) is 7.45. The lowest BCUT2D eigenvalue weighted by molar-refractivity contribution is -0.156. The van der Waals surface area contributed by atoms with Crippen LogP contribution in [0.2, 0.25) is 0 Å². The molecule has 21 heavy (non-hydrogen) atoms. The fourth-order valence-electron chi connectivity index (χ4n) is 3.39. The Morgan fingerprint density at radius 3 is 2.71 bits per heavy atom. The molecule has 1 saturated carbocycles. The number of allylic oxidation sites excluding steroid dienone is 1. The first-order chi connectivity index (χ1) is 9.98. The van der Waals surface area contributed by atoms with Crippen molar-refractivity contribution < 1.29 is 9.53 Å². The van der Waals surface area contributed by atoms with E-state index in [1.54, 1.807) is 23.5 Å². The summed E-state index contributed by atoms with van der Waals surface area (Å²) >= 11 is 3.36. The van der Waals surface area contributed by atoms with Crippen molar-refractivity contribution in [3.8, 4) is 0 Å². The molecule has 0 unspecified atom stereocenters. The molecular formula is C17H28O2S2. The zero-order valence-electron chi connectivity index (χ0n) is 13.6. The van der Waals surface area contributed by atoms with E-state index < -0.39 is 4.08 Å². The third kappa shape index (κ3) is 4.01. The molecule has 0 N–H and O–H groups in total. The Balaban J connectivity index is 2.06. The molecule has 0 radical (unpaired) electrons. The van der Waals surface area contributed by atoms with Crippen LogP contribution in [0.15, 0.2) is 12.2 Å². The molecule has 0 aromatic rings. The van der Waals surface area contributed by atoms with Gasteiger partial charge in [0, 0.05) is 12.2 Å². The van der Waals surface area contributed by atoms with Crippen molar-refractivity contribution in [3.05, 3.63) is 12.2 Å². The minimum Gasteiger partial charge on any atom is -0.460 e. The Morgan fingerprint density at radius 1 is 1.38 bits per heavy atom. The summed E-state index contributed by atoms with van der Waals surface area (Å²) < 4.78 is 5.64. The minimum absolute atomic E-state index is 0.00546. The molecule has 120 valence electrons. The molecule has 0 aromatic carbocycles. The van der Waals surface area contributed by atoms with Crippen LogP contribution in [0.1, 0.15) is 46.5 Å². The highest BCUT2D eigenvalue weighted by Crippen LogP contribution is 2.44. The van der Waals surface area contributed by atoms with Gasteiger partial charge < -0.3 is 4.74 Å². The van der Waals surface area contributed by atoms with Crippen molar-refractivity contribution in [1.82, 2.24) is 0 Å². The average Bonchev–Trinajstić information content (AvgIpc) is 2.47. The van der Waals surface area contributed by atoms with Gasteiger partial charge in [0.05, 0.1) is 0 Å². The van der Waals surface area contributed by atoms with E-state index in [4.69, 9.17) is 4.74 Å². The molecule has 1 fully saturated rings. The second-order valence-electron chi connectivity index (χ2n) is 6.71. The van der Waals surface area contributed by atoms with Crippen LogP contribution in [0.3, 0.4) is 0 Å². The van der Waals surface area contributed by atoms with Gasteiger partial charge in [-0.3, -0.25) is 0 Å². The van der Waals surface area contributed by atoms with Crippen molar-refractivity contribution in [2.45, 2.75) is 56.6 Å². The van der Waals surface area contributed by atoms with Crippen LogP contribution in [0, 0.1) is 17.8 Å². The highest BCUT2D eigenvalue weighted by molar-refractivity contribution is 8.19. The van der Waals surface area contributed by atoms with E-state index in [9.17, 15) is 4.79 Å². The van der Waals surface area contributed by atoms with Gasteiger partial charge in [-0.2, -0.15) is 0 Å². The van der Waals surface area contributed by atoms with Crippen molar-refractivity contribution in [1.29, 1.82) is 0 Å². The molecule has 2 aliphatic rings. The number of rotatable bonds is 4. The van der Waals surface area contributed by atoms with Gasteiger partial charge in [-0.1, -0.05) is 39.3 Å². The fraction of sp³-hybridized carbons (Fsp3) is 0.824. The summed E-state index contributed by atoms with van der Waals surface area (Å²) in [5.41, 5.74) is 0. The Kier molecular flexibility index (Phi) is 6.13. The maximum absolute atomic E-state index is 12.8. The fourth-order valence-corrected chi connectivity index (χ4v) is 5.43. The van der Waals surface area contributed by atoms with Crippen LogP contribution in [-0.2, 0) is 9.53 Å². The monoisotopic (exact) mass is 328 g/mol. The zero-order chi connectivity index (χ0) is 15.5. The predicted octanol–water partition coefficient (Wildman–Crippen LogP) is 4.74. The van der Waals surface area contributed by atoms with Gasteiger partial charge in [0.2, 0.25) is 0 Å². The molecule has 0 spiro atoms. The lowest BCUT2D eigenvalue weighted by Crippen LogP contribution is -2.42. The van der Waals surface area contributed by atoms with Gasteiger partial charge in [0.15, 0.2) is 4.08 Å². The smallest absolute Gasteiger partial charge is 0.333 e. The molecule has 0 bridgehead atoms. The third-order valence-corrected chi connectivity index (χ3v) is 7.83. The number of carbonyl (C=O) groups is 1. The van der Waals surface area contributed by atoms with Gasteiger partial charge >= 0.3 is 5.97 Å². The van der Waals surface area contributed by atoms with Gasteiger partial charge in [-0.15, -0.1) is 23.5 Å². The number of hydrogen-bond donors (Lipinski definition) is 0. The number of thioether (sulfide) groups is 2. The van der Waals surface area contributed by atoms with Crippen LogP contribution in [0.4, 0.5) is 0 Å². The van der Waals surface area contributed by atoms with Crippen LogP contribution in [0.5, 0.6) is 0 Å². The van der Waals surface area contributed by atoms with Crippen molar-refractivity contribution in [2.24, 2.45) is 17.8 Å². The number of esters is 1. The van der Waals surface area contributed by atoms with Crippen molar-refractivity contribution in [2.75, 3.05) is 12.0 Å². The summed E-state index contributed by atoms with van der Waals surface area (Å²) in [7, 11) is 0. The van der Waals surface area contributed by atoms with Gasteiger partial charge in [-0.05, 0) is 36.9 Å². The van der Waals surface area contributed by atoms with Crippen LogP contribution in [0.25, 0.3) is 0 Å². The summed E-state index contributed by atoms with van der Waals surface area (Å²) in [6.07, 6.45) is 10.7. The topological polar surface area (TPSA) is 26.3 Å². The van der Waals surface area contributed by atoms with E-state index in [1.807, 2.05) is 6.26 Å². The average molecular weight is 329 g/mol. The molecule has 1 aliphatic heterocycles. The standard InChI is InChI=1S/C17H28O2S2/c1-12(2)14-8-7-13(3)11-15(14)19-16(18)17(20-4)9-5-6-10-21-17/h5-6,12-15H,7-11H2,1-4H3/t13-,14+,15-,17-/m1/s1. The molecule has 4 atom stereocenters. The summed E-state index contributed by atoms with van der Waals surface area (Å²) in [6.45, 7) is 6.79. The predicted molar refractivity (Wildman–Crippen MR) is 93.7 cm³/mol. The van der Waals surface area contributed by atoms with Gasteiger partial charge in [0.25, 0.3) is 0 Å². The van der Waals surface area contributed by atoms with E-state index in [2.05, 4.69) is 32.9 Å². The van der Waals surface area contributed by atoms with Crippen LogP contribution >= 0.6 is 23.5 Å². The summed E-state index contributed by atoms with van der Waals surface area (Å²) in [4.78, 5) is 12.8. The van der Waals surface area contributed by atoms with E-state index in [-0.39, 0.29) is 12.1 Å². The van der Waals surface area contributed by atoms with E-state index >= 15 is 0 Å². The SMILES string of the molecule is CS[C@]1(C(=O)O[C@@H]2C[C@H](C)CC[C@H]2C(C)C)CC=CCS1. The van der Waals surface area contributed by atoms with Crippen molar-refractivity contribution in [3.63, 3.8) is 0 Å². The molecule has 2 rings (SSSR count). The number of carbonyl (C=O) groups excluding carboxylic acids is 1. The minimum atomic E-state index is -0.420. The second-order valence-corrected chi connectivity index (χ2v) is 9.40. The molecule has 1 heterocycles. The van der Waals surface area contributed by atoms with Gasteiger partial charge in [0.1, 0.15) is 6.10 Å². The number of hydrogen-bond acceptors (Lipinski definition) is 4. The normalized spacial score (nSPS) is 36.7.